The molecule has 6 heavy (non-hydrogen) atoms. The Bertz CT molecular complexity index is 70.4. The van der Waals surface area contributed by atoms with Gasteiger partial charge in [0.1, 0.15) is 0 Å². The molecule has 0 aromatic carbocycles. The second-order valence-electron chi connectivity index (χ2n) is 1.13. The summed E-state index contributed by atoms with van der Waals surface area (Å²) in [7, 11) is 0. The maximum atomic E-state index is 7.05. The predicted molar refractivity (Wildman–Crippen MR) is 23.7 cm³/mol. The molecule has 0 aromatic heterocycles. The second kappa shape index (κ2) is 2.16. The Morgan fingerprint density at radius 1 is 1.83 bits per heavy atom. The topological polar surface area (TPSA) is 21.3 Å². The van der Waals surface area contributed by atoms with E-state index < -0.39 is 13.1 Å². The summed E-state index contributed by atoms with van der Waals surface area (Å²) in [5.74, 6) is 0. The number of hydrogen-bond donors (Lipinski definition) is 1. The highest BCUT2D eigenvalue weighted by atomic mass is 16.5. The molecule has 36 valence electrons. The van der Waals surface area contributed by atoms with Gasteiger partial charge in [-0.25, -0.2) is 0 Å². The molecule has 0 saturated carbocycles. The molecule has 2 nitrogen and oxygen atoms in total. The number of rotatable bonds is 0. The molecule has 1 aliphatic heterocycles. The molecule has 1 rings (SSSR count). The van der Waals surface area contributed by atoms with Gasteiger partial charge in [0.05, 0.1) is 14.6 Å². The summed E-state index contributed by atoms with van der Waals surface area (Å²) in [6, 6.07) is 0. The second-order valence-corrected chi connectivity index (χ2v) is 1.13. The SMILES string of the molecule is [2H]C1NCCOC1[2H]. The minimum Gasteiger partial charge on any atom is -0.379 e. The van der Waals surface area contributed by atoms with E-state index in [1.807, 2.05) is 0 Å². The van der Waals surface area contributed by atoms with Gasteiger partial charge in [0.25, 0.3) is 0 Å². The van der Waals surface area contributed by atoms with Crippen LogP contribution in [-0.4, -0.2) is 26.3 Å². The summed E-state index contributed by atoms with van der Waals surface area (Å²) in [5.41, 5.74) is 0. The fourth-order valence-electron chi connectivity index (χ4n) is 0.365. The van der Waals surface area contributed by atoms with Crippen LogP contribution in [0.15, 0.2) is 0 Å². The molecule has 2 heteroatoms. The molecule has 0 radical (unpaired) electrons. The Labute approximate surface area is 40.3 Å². The lowest BCUT2D eigenvalue weighted by atomic mass is 10.5. The van der Waals surface area contributed by atoms with Gasteiger partial charge in [0.2, 0.25) is 0 Å². The molecule has 0 amide bonds. The van der Waals surface area contributed by atoms with E-state index in [2.05, 4.69) is 5.32 Å². The van der Waals surface area contributed by atoms with Crippen molar-refractivity contribution in [1.82, 2.24) is 5.32 Å². The Kier molecular flexibility index (Phi) is 0.821. The Balaban J connectivity index is 2.28. The van der Waals surface area contributed by atoms with E-state index in [0.717, 1.165) is 0 Å². The van der Waals surface area contributed by atoms with Crippen LogP contribution < -0.4 is 5.32 Å². The van der Waals surface area contributed by atoms with Gasteiger partial charge in [-0.15, -0.1) is 0 Å². The Morgan fingerprint density at radius 2 is 2.83 bits per heavy atom. The Hall–Kier alpha value is -0.0800. The molecular formula is C4H9NO. The van der Waals surface area contributed by atoms with Crippen molar-refractivity contribution < 1.29 is 7.48 Å². The maximum absolute atomic E-state index is 7.05. The molecule has 0 bridgehead atoms. The van der Waals surface area contributed by atoms with Crippen molar-refractivity contribution >= 4 is 0 Å². The van der Waals surface area contributed by atoms with Gasteiger partial charge in [0.15, 0.2) is 0 Å². The predicted octanol–water partition coefficient (Wildman–Crippen LogP) is -0.394. The van der Waals surface area contributed by atoms with E-state index in [1.54, 1.807) is 0 Å². The van der Waals surface area contributed by atoms with Gasteiger partial charge in [-0.05, 0) is 0 Å². The molecular weight excluding hydrogens is 78.0 g/mol. The summed E-state index contributed by atoms with van der Waals surface area (Å²) in [6.45, 7) is 0.0140. The average molecular weight is 89.1 g/mol. The van der Waals surface area contributed by atoms with Gasteiger partial charge in [-0.3, -0.25) is 0 Å². The summed E-state index contributed by atoms with van der Waals surface area (Å²) < 4.78 is 18.9. The summed E-state index contributed by atoms with van der Waals surface area (Å²) in [4.78, 5) is 0. The normalized spacial score (nSPS) is 53.3. The largest absolute Gasteiger partial charge is 0.379 e. The zero-order chi connectivity index (χ0) is 5.98. The van der Waals surface area contributed by atoms with Crippen molar-refractivity contribution in [2.24, 2.45) is 0 Å². The maximum Gasteiger partial charge on any atom is 0.0591 e. The van der Waals surface area contributed by atoms with Gasteiger partial charge >= 0.3 is 0 Å². The van der Waals surface area contributed by atoms with E-state index in [0.29, 0.717) is 13.2 Å². The van der Waals surface area contributed by atoms with E-state index >= 15 is 0 Å². The van der Waals surface area contributed by atoms with Crippen LogP contribution in [0.5, 0.6) is 0 Å². The molecule has 1 N–H and O–H groups in total. The summed E-state index contributed by atoms with van der Waals surface area (Å²) >= 11 is 0. The highest BCUT2D eigenvalue weighted by molar-refractivity contribution is 4.49. The van der Waals surface area contributed by atoms with Gasteiger partial charge in [0, 0.05) is 14.4 Å². The van der Waals surface area contributed by atoms with Gasteiger partial charge in [-0.1, -0.05) is 0 Å². The fraction of sp³-hybridized carbons (Fsp3) is 1.00. The smallest absolute Gasteiger partial charge is 0.0591 e. The van der Waals surface area contributed by atoms with Crippen LogP contribution in [0.1, 0.15) is 2.74 Å². The van der Waals surface area contributed by atoms with Gasteiger partial charge in [-0.2, -0.15) is 0 Å². The first-order valence-corrected chi connectivity index (χ1v) is 2.00. The highest BCUT2D eigenvalue weighted by Crippen LogP contribution is 1.76. The number of nitrogens with one attached hydrogen (secondary N) is 1. The lowest BCUT2D eigenvalue weighted by Gasteiger charge is -2.10. The third-order valence-electron chi connectivity index (χ3n) is 0.646. The standard InChI is InChI=1S/C4H9NO/c1-3-6-4-2-5-1/h5H,1-4H2/i1D,3D. The van der Waals surface area contributed by atoms with Crippen LogP contribution >= 0.6 is 0 Å². The van der Waals surface area contributed by atoms with E-state index in [1.165, 1.54) is 0 Å². The first kappa shape index (κ1) is 2.28. The zero-order valence-corrected chi connectivity index (χ0v) is 3.48. The van der Waals surface area contributed by atoms with Crippen LogP contribution in [0.3, 0.4) is 0 Å². The number of hydrogen-bond acceptors (Lipinski definition) is 2. The van der Waals surface area contributed by atoms with Gasteiger partial charge < -0.3 is 10.1 Å². The number of ether oxygens (including phenoxy) is 1. The van der Waals surface area contributed by atoms with E-state index in [4.69, 9.17) is 7.48 Å². The van der Waals surface area contributed by atoms with Crippen molar-refractivity contribution in [3.8, 4) is 0 Å². The average Bonchev–Trinajstić information content (AvgIpc) is 1.77. The Morgan fingerprint density at radius 3 is 3.33 bits per heavy atom. The van der Waals surface area contributed by atoms with Crippen molar-refractivity contribution in [3.05, 3.63) is 0 Å². The summed E-state index contributed by atoms with van der Waals surface area (Å²) in [6.07, 6.45) is 0. The first-order valence-electron chi connectivity index (χ1n) is 3.15. The van der Waals surface area contributed by atoms with Crippen LogP contribution in [0.25, 0.3) is 0 Å². The van der Waals surface area contributed by atoms with E-state index in [9.17, 15) is 0 Å². The summed E-state index contributed by atoms with van der Waals surface area (Å²) in [5, 5.41) is 2.79. The van der Waals surface area contributed by atoms with Crippen LogP contribution in [0.2, 0.25) is 0 Å². The van der Waals surface area contributed by atoms with E-state index in [-0.39, 0.29) is 0 Å². The minimum absolute atomic E-state index is 0.552. The molecule has 0 spiro atoms. The molecule has 1 heterocycles. The molecule has 2 atom stereocenters. The molecule has 1 fully saturated rings. The third-order valence-corrected chi connectivity index (χ3v) is 0.646. The third kappa shape index (κ3) is 0.954. The lowest BCUT2D eigenvalue weighted by Crippen LogP contribution is -2.30. The van der Waals surface area contributed by atoms with Crippen molar-refractivity contribution in [2.75, 3.05) is 26.3 Å². The monoisotopic (exact) mass is 89.1 g/mol. The first-order chi connectivity index (χ1) is 3.80. The van der Waals surface area contributed by atoms with Crippen molar-refractivity contribution in [2.45, 2.75) is 0 Å². The molecule has 0 aromatic rings. The molecule has 1 aliphatic rings. The zero-order valence-electron chi connectivity index (χ0n) is 5.48. The number of morpholine rings is 1. The van der Waals surface area contributed by atoms with Crippen molar-refractivity contribution in [1.29, 1.82) is 0 Å². The van der Waals surface area contributed by atoms with Crippen LogP contribution in [0, 0.1) is 0 Å². The highest BCUT2D eigenvalue weighted by Gasteiger charge is 1.92. The fourth-order valence-corrected chi connectivity index (χ4v) is 0.365. The van der Waals surface area contributed by atoms with Crippen LogP contribution in [0.4, 0.5) is 0 Å². The molecule has 0 aliphatic carbocycles. The molecule has 1 saturated heterocycles. The van der Waals surface area contributed by atoms with Crippen LogP contribution in [-0.2, 0) is 4.74 Å². The lowest BCUT2D eigenvalue weighted by molar-refractivity contribution is 0.109. The molecule has 2 unspecified atom stereocenters. The van der Waals surface area contributed by atoms with Crippen molar-refractivity contribution in [3.63, 3.8) is 0 Å². The quantitative estimate of drug-likeness (QED) is 0.436. The minimum atomic E-state index is -0.691.